The third-order valence-corrected chi connectivity index (χ3v) is 5.95. The normalized spacial score (nSPS) is 19.8. The maximum atomic E-state index is 13.2. The number of fused-ring (bicyclic) bond motifs is 1. The number of rotatable bonds is 4. The molecular weight excluding hydrogens is 392 g/mol. The van der Waals surface area contributed by atoms with Crippen molar-refractivity contribution in [3.8, 4) is 0 Å². The molecule has 2 aliphatic heterocycles. The highest BCUT2D eigenvalue weighted by molar-refractivity contribution is 6.05. The van der Waals surface area contributed by atoms with Crippen LogP contribution in [-0.4, -0.2) is 54.3 Å². The predicted octanol–water partition coefficient (Wildman–Crippen LogP) is 2.64. The van der Waals surface area contributed by atoms with E-state index in [9.17, 15) is 14.4 Å². The van der Waals surface area contributed by atoms with Crippen molar-refractivity contribution >= 4 is 29.1 Å². The lowest BCUT2D eigenvalue weighted by Gasteiger charge is -2.34. The number of carbonyl (C=O) groups is 3. The topological polar surface area (TPSA) is 81.8 Å². The molecule has 7 heteroatoms. The van der Waals surface area contributed by atoms with Crippen molar-refractivity contribution in [3.05, 3.63) is 60.2 Å². The fourth-order valence-corrected chi connectivity index (χ4v) is 4.33. The molecule has 0 saturated carbocycles. The smallest absolute Gasteiger partial charge is 0.251 e. The van der Waals surface area contributed by atoms with Crippen molar-refractivity contribution in [1.29, 1.82) is 0 Å². The molecule has 4 rings (SSSR count). The van der Waals surface area contributed by atoms with Crippen LogP contribution < -0.4 is 15.5 Å². The molecule has 2 aliphatic rings. The second kappa shape index (κ2) is 9.31. The molecule has 1 fully saturated rings. The van der Waals surface area contributed by atoms with Crippen LogP contribution >= 0.6 is 0 Å². The van der Waals surface area contributed by atoms with Crippen LogP contribution in [0.4, 0.5) is 11.4 Å². The highest BCUT2D eigenvalue weighted by Gasteiger charge is 2.31. The van der Waals surface area contributed by atoms with E-state index < -0.39 is 0 Å². The van der Waals surface area contributed by atoms with Gasteiger partial charge in [-0.15, -0.1) is 0 Å². The van der Waals surface area contributed by atoms with E-state index in [0.717, 1.165) is 31.6 Å². The zero-order valence-corrected chi connectivity index (χ0v) is 17.7. The Morgan fingerprint density at radius 1 is 1.03 bits per heavy atom. The first kappa shape index (κ1) is 21.1. The summed E-state index contributed by atoms with van der Waals surface area (Å²) >= 11 is 0. The molecule has 0 aromatic heterocycles. The Balaban J connectivity index is 1.35. The molecule has 0 spiro atoms. The van der Waals surface area contributed by atoms with E-state index in [4.69, 9.17) is 0 Å². The first-order chi connectivity index (χ1) is 15.0. The number of carbonyl (C=O) groups excluding carboxylic acids is 3. The Labute approximate surface area is 182 Å². The number of likely N-dealkylation sites (tertiary alicyclic amines) is 1. The van der Waals surface area contributed by atoms with Crippen molar-refractivity contribution in [2.24, 2.45) is 0 Å². The number of amides is 3. The van der Waals surface area contributed by atoms with Gasteiger partial charge in [0.05, 0.1) is 17.9 Å². The first-order valence-electron chi connectivity index (χ1n) is 10.8. The lowest BCUT2D eigenvalue weighted by Crippen LogP contribution is -2.49. The van der Waals surface area contributed by atoms with Gasteiger partial charge in [-0.25, -0.2) is 0 Å². The Morgan fingerprint density at radius 3 is 2.45 bits per heavy atom. The van der Waals surface area contributed by atoms with E-state index in [0.29, 0.717) is 17.8 Å². The molecule has 162 valence electrons. The van der Waals surface area contributed by atoms with E-state index in [1.807, 2.05) is 61.5 Å². The Kier molecular flexibility index (Phi) is 6.32. The molecule has 7 nitrogen and oxygen atoms in total. The Morgan fingerprint density at radius 2 is 1.71 bits per heavy atom. The van der Waals surface area contributed by atoms with Crippen molar-refractivity contribution in [2.45, 2.75) is 38.3 Å². The molecule has 2 heterocycles. The van der Waals surface area contributed by atoms with Gasteiger partial charge < -0.3 is 15.5 Å². The molecular formula is C24H28N4O3. The van der Waals surface area contributed by atoms with E-state index in [1.165, 1.54) is 0 Å². The molecule has 31 heavy (non-hydrogen) atoms. The molecule has 1 saturated heterocycles. The van der Waals surface area contributed by atoms with Crippen molar-refractivity contribution in [1.82, 2.24) is 10.2 Å². The summed E-state index contributed by atoms with van der Waals surface area (Å²) in [6.07, 6.45) is 1.88. The molecule has 3 amide bonds. The second-order valence-electron chi connectivity index (χ2n) is 8.27. The summed E-state index contributed by atoms with van der Waals surface area (Å²) in [5.74, 6) is -0.143. The predicted molar refractivity (Wildman–Crippen MR) is 120 cm³/mol. The average Bonchev–Trinajstić information content (AvgIpc) is 2.89. The van der Waals surface area contributed by atoms with Crippen LogP contribution in [0.2, 0.25) is 0 Å². The van der Waals surface area contributed by atoms with Gasteiger partial charge in [-0.3, -0.25) is 19.3 Å². The molecule has 1 unspecified atom stereocenters. The monoisotopic (exact) mass is 420 g/mol. The maximum Gasteiger partial charge on any atom is 0.251 e. The van der Waals surface area contributed by atoms with E-state index in [1.54, 1.807) is 4.90 Å². The number of hydrogen-bond donors (Lipinski definition) is 2. The van der Waals surface area contributed by atoms with Gasteiger partial charge in [-0.1, -0.05) is 30.3 Å². The van der Waals surface area contributed by atoms with Crippen molar-refractivity contribution in [3.63, 3.8) is 0 Å². The largest absolute Gasteiger partial charge is 0.349 e. The highest BCUT2D eigenvalue weighted by Crippen LogP contribution is 2.31. The molecule has 0 bridgehead atoms. The molecule has 0 radical (unpaired) electrons. The molecule has 2 N–H and O–H groups in total. The highest BCUT2D eigenvalue weighted by atomic mass is 16.2. The maximum absolute atomic E-state index is 13.2. The minimum absolute atomic E-state index is 0.0109. The molecule has 2 aromatic rings. The summed E-state index contributed by atoms with van der Waals surface area (Å²) in [5.41, 5.74) is 2.08. The third kappa shape index (κ3) is 4.94. The molecule has 0 aliphatic carbocycles. The van der Waals surface area contributed by atoms with Crippen LogP contribution in [0.5, 0.6) is 0 Å². The molecule has 1 atom stereocenters. The van der Waals surface area contributed by atoms with Gasteiger partial charge in [-0.2, -0.15) is 0 Å². The van der Waals surface area contributed by atoms with Crippen LogP contribution in [-0.2, 0) is 9.59 Å². The van der Waals surface area contributed by atoms with Gasteiger partial charge >= 0.3 is 0 Å². The summed E-state index contributed by atoms with van der Waals surface area (Å²) in [6, 6.07) is 16.6. The lowest BCUT2D eigenvalue weighted by molar-refractivity contribution is -0.120. The summed E-state index contributed by atoms with van der Waals surface area (Å²) < 4.78 is 0. The fourth-order valence-electron chi connectivity index (χ4n) is 4.33. The number of para-hydroxylation sites is 2. The third-order valence-electron chi connectivity index (χ3n) is 5.95. The minimum Gasteiger partial charge on any atom is -0.349 e. The minimum atomic E-state index is -0.209. The summed E-state index contributed by atoms with van der Waals surface area (Å²) in [6.45, 7) is 3.69. The van der Waals surface area contributed by atoms with Crippen molar-refractivity contribution < 1.29 is 14.4 Å². The van der Waals surface area contributed by atoms with Gasteiger partial charge in [0.2, 0.25) is 11.8 Å². The average molecular weight is 421 g/mol. The van der Waals surface area contributed by atoms with E-state index in [-0.39, 0.29) is 36.2 Å². The molecule has 2 aromatic carbocycles. The van der Waals surface area contributed by atoms with Crippen LogP contribution in [0.15, 0.2) is 54.6 Å². The number of hydrogen-bond acceptors (Lipinski definition) is 4. The van der Waals surface area contributed by atoms with Gasteiger partial charge in [0, 0.05) is 37.2 Å². The second-order valence-corrected chi connectivity index (χ2v) is 8.27. The van der Waals surface area contributed by atoms with Gasteiger partial charge in [-0.05, 0) is 44.0 Å². The van der Waals surface area contributed by atoms with Gasteiger partial charge in [0.1, 0.15) is 0 Å². The quantitative estimate of drug-likeness (QED) is 0.797. The van der Waals surface area contributed by atoms with E-state index >= 15 is 0 Å². The van der Waals surface area contributed by atoms with Crippen molar-refractivity contribution in [2.75, 3.05) is 29.9 Å². The Bertz CT molecular complexity index is 954. The Hall–Kier alpha value is -3.19. The standard InChI is InChI=1S/C24H28N4O3/c1-17-15-22(29)26-20-9-5-6-10-21(20)28(17)23(30)16-27-13-11-19(12-14-27)25-24(31)18-7-3-2-4-8-18/h2-10,17,19H,11-16H2,1H3,(H,25,31)(H,26,29). The number of piperidine rings is 1. The van der Waals surface area contributed by atoms with Crippen LogP contribution in [0.25, 0.3) is 0 Å². The zero-order valence-electron chi connectivity index (χ0n) is 17.7. The number of nitrogens with zero attached hydrogens (tertiary/aromatic N) is 2. The van der Waals surface area contributed by atoms with Crippen LogP contribution in [0.3, 0.4) is 0 Å². The first-order valence-corrected chi connectivity index (χ1v) is 10.8. The van der Waals surface area contributed by atoms with Gasteiger partial charge in [0.15, 0.2) is 0 Å². The lowest BCUT2D eigenvalue weighted by atomic mass is 10.0. The number of nitrogens with one attached hydrogen (secondary N) is 2. The summed E-state index contributed by atoms with van der Waals surface area (Å²) in [5, 5.41) is 5.99. The van der Waals surface area contributed by atoms with Gasteiger partial charge in [0.25, 0.3) is 5.91 Å². The van der Waals surface area contributed by atoms with Crippen LogP contribution in [0.1, 0.15) is 36.5 Å². The SMILES string of the molecule is CC1CC(=O)Nc2ccccc2N1C(=O)CN1CCC(NC(=O)c2ccccc2)CC1. The number of anilines is 2. The summed E-state index contributed by atoms with van der Waals surface area (Å²) in [4.78, 5) is 41.6. The zero-order chi connectivity index (χ0) is 21.8. The fraction of sp³-hybridized carbons (Fsp3) is 0.375. The van der Waals surface area contributed by atoms with E-state index in [2.05, 4.69) is 15.5 Å². The number of benzene rings is 2. The summed E-state index contributed by atoms with van der Waals surface area (Å²) in [7, 11) is 0. The van der Waals surface area contributed by atoms with Crippen LogP contribution in [0, 0.1) is 0 Å².